The molecule has 0 aromatic rings. The van der Waals surface area contributed by atoms with Gasteiger partial charge in [0, 0.05) is 26.2 Å². The molecule has 1 heterocycles. The number of hydrogen-bond donors (Lipinski definition) is 2. The number of urea groups is 1. The lowest BCUT2D eigenvalue weighted by molar-refractivity contribution is -0.142. The van der Waals surface area contributed by atoms with Crippen LogP contribution >= 0.6 is 0 Å². The van der Waals surface area contributed by atoms with Gasteiger partial charge in [-0.3, -0.25) is 4.79 Å². The Morgan fingerprint density at radius 2 is 2.17 bits per heavy atom. The molecule has 102 valence electrons. The molecule has 2 amide bonds. The number of amides is 2. The fraction of sp³-hybridized carbons (Fsp3) is 0.667. The SMILES string of the molecule is C=CCN(CCO)C(=O)N1C[C@@H](C)[C@H](C(=O)O)C1. The van der Waals surface area contributed by atoms with Gasteiger partial charge in [-0.1, -0.05) is 13.0 Å². The standard InChI is InChI=1S/C12H20N2O4/c1-3-4-13(5-6-15)12(18)14-7-9(2)10(8-14)11(16)17/h3,9-10,15H,1,4-8H2,2H3,(H,16,17)/t9-,10-/m1/s1. The summed E-state index contributed by atoms with van der Waals surface area (Å²) < 4.78 is 0. The van der Waals surface area contributed by atoms with Crippen molar-refractivity contribution in [2.45, 2.75) is 6.92 Å². The van der Waals surface area contributed by atoms with Crippen LogP contribution in [0.3, 0.4) is 0 Å². The molecule has 6 heteroatoms. The first-order valence-electron chi connectivity index (χ1n) is 5.99. The first kappa shape index (κ1) is 14.5. The molecule has 0 aromatic carbocycles. The van der Waals surface area contributed by atoms with Gasteiger partial charge in [0.05, 0.1) is 12.5 Å². The largest absolute Gasteiger partial charge is 0.481 e. The minimum atomic E-state index is -0.866. The number of carbonyl (C=O) groups excluding carboxylic acids is 1. The molecule has 1 fully saturated rings. The molecule has 18 heavy (non-hydrogen) atoms. The minimum Gasteiger partial charge on any atom is -0.481 e. The second-order valence-corrected chi connectivity index (χ2v) is 4.57. The summed E-state index contributed by atoms with van der Waals surface area (Å²) in [6, 6.07) is -0.237. The van der Waals surface area contributed by atoms with Gasteiger partial charge in [0.25, 0.3) is 0 Å². The summed E-state index contributed by atoms with van der Waals surface area (Å²) in [5, 5.41) is 17.9. The third kappa shape index (κ3) is 3.22. The maximum Gasteiger partial charge on any atom is 0.320 e. The highest BCUT2D eigenvalue weighted by Crippen LogP contribution is 2.24. The van der Waals surface area contributed by atoms with Gasteiger partial charge >= 0.3 is 12.0 Å². The van der Waals surface area contributed by atoms with E-state index in [4.69, 9.17) is 10.2 Å². The maximum atomic E-state index is 12.1. The minimum absolute atomic E-state index is 0.0499. The molecule has 0 radical (unpaired) electrons. The zero-order valence-electron chi connectivity index (χ0n) is 10.6. The van der Waals surface area contributed by atoms with E-state index in [1.165, 1.54) is 9.80 Å². The van der Waals surface area contributed by atoms with Gasteiger partial charge in [0.15, 0.2) is 0 Å². The summed E-state index contributed by atoms with van der Waals surface area (Å²) in [5.41, 5.74) is 0. The molecular formula is C12H20N2O4. The predicted octanol–water partition coefficient (Wildman–Crippen LogP) is 0.239. The number of rotatable bonds is 5. The van der Waals surface area contributed by atoms with Crippen molar-refractivity contribution in [1.29, 1.82) is 0 Å². The van der Waals surface area contributed by atoms with E-state index in [2.05, 4.69) is 6.58 Å². The quantitative estimate of drug-likeness (QED) is 0.690. The van der Waals surface area contributed by atoms with E-state index >= 15 is 0 Å². The lowest BCUT2D eigenvalue weighted by Gasteiger charge is -2.26. The van der Waals surface area contributed by atoms with Crippen molar-refractivity contribution in [1.82, 2.24) is 9.80 Å². The zero-order valence-corrected chi connectivity index (χ0v) is 10.6. The Hall–Kier alpha value is -1.56. The maximum absolute atomic E-state index is 12.1. The number of aliphatic hydroxyl groups is 1. The van der Waals surface area contributed by atoms with Crippen LogP contribution in [0.15, 0.2) is 12.7 Å². The van der Waals surface area contributed by atoms with Gasteiger partial charge in [-0.05, 0) is 5.92 Å². The Morgan fingerprint density at radius 1 is 1.50 bits per heavy atom. The smallest absolute Gasteiger partial charge is 0.320 e. The second kappa shape index (κ2) is 6.39. The average molecular weight is 256 g/mol. The normalized spacial score (nSPS) is 22.9. The van der Waals surface area contributed by atoms with Crippen LogP contribution in [0.5, 0.6) is 0 Å². The van der Waals surface area contributed by atoms with E-state index in [-0.39, 0.29) is 31.6 Å². The molecule has 2 atom stereocenters. The summed E-state index contributed by atoms with van der Waals surface area (Å²) in [7, 11) is 0. The predicted molar refractivity (Wildman–Crippen MR) is 66.1 cm³/mol. The highest BCUT2D eigenvalue weighted by atomic mass is 16.4. The van der Waals surface area contributed by atoms with Gasteiger partial charge in [-0.25, -0.2) is 4.79 Å². The van der Waals surface area contributed by atoms with E-state index < -0.39 is 11.9 Å². The molecule has 0 aromatic heterocycles. The van der Waals surface area contributed by atoms with E-state index in [1.807, 2.05) is 6.92 Å². The molecule has 1 saturated heterocycles. The van der Waals surface area contributed by atoms with Crippen LogP contribution in [-0.4, -0.2) is 64.8 Å². The third-order valence-corrected chi connectivity index (χ3v) is 3.19. The molecule has 1 aliphatic heterocycles. The molecule has 2 N–H and O–H groups in total. The van der Waals surface area contributed by atoms with E-state index in [9.17, 15) is 9.59 Å². The Kier molecular flexibility index (Phi) is 5.15. The van der Waals surface area contributed by atoms with Crippen LogP contribution in [-0.2, 0) is 4.79 Å². The second-order valence-electron chi connectivity index (χ2n) is 4.57. The highest BCUT2D eigenvalue weighted by Gasteiger charge is 2.38. The van der Waals surface area contributed by atoms with Gasteiger partial charge in [0.2, 0.25) is 0 Å². The number of nitrogens with zero attached hydrogens (tertiary/aromatic N) is 2. The lowest BCUT2D eigenvalue weighted by Crippen LogP contribution is -2.43. The first-order valence-corrected chi connectivity index (χ1v) is 5.99. The fourth-order valence-corrected chi connectivity index (χ4v) is 2.19. The molecule has 1 rings (SSSR count). The monoisotopic (exact) mass is 256 g/mol. The summed E-state index contributed by atoms with van der Waals surface area (Å²) in [6.45, 7) is 6.52. The Balaban J connectivity index is 2.66. The van der Waals surface area contributed by atoms with Crippen molar-refractivity contribution >= 4 is 12.0 Å². The van der Waals surface area contributed by atoms with E-state index in [0.29, 0.717) is 13.1 Å². The van der Waals surface area contributed by atoms with Crippen LogP contribution < -0.4 is 0 Å². The number of carbonyl (C=O) groups is 2. The number of carboxylic acids is 1. The number of hydrogen-bond acceptors (Lipinski definition) is 3. The molecule has 0 spiro atoms. The summed E-state index contributed by atoms with van der Waals surface area (Å²) >= 11 is 0. The van der Waals surface area contributed by atoms with Gasteiger partial charge in [0.1, 0.15) is 0 Å². The topological polar surface area (TPSA) is 81.1 Å². The molecule has 0 saturated carbocycles. The van der Waals surface area contributed by atoms with Crippen LogP contribution in [0.1, 0.15) is 6.92 Å². The van der Waals surface area contributed by atoms with Gasteiger partial charge in [-0.15, -0.1) is 6.58 Å². The lowest BCUT2D eigenvalue weighted by atomic mass is 9.99. The van der Waals surface area contributed by atoms with Crippen molar-refractivity contribution in [3.8, 4) is 0 Å². The zero-order chi connectivity index (χ0) is 13.7. The summed E-state index contributed by atoms with van der Waals surface area (Å²) in [5.74, 6) is -1.42. The number of aliphatic hydroxyl groups excluding tert-OH is 1. The van der Waals surface area contributed by atoms with Crippen LogP contribution in [0.25, 0.3) is 0 Å². The Bertz CT molecular complexity index is 332. The molecule has 0 aliphatic carbocycles. The molecule has 0 bridgehead atoms. The van der Waals surface area contributed by atoms with Crippen molar-refractivity contribution in [3.05, 3.63) is 12.7 Å². The molecule has 6 nitrogen and oxygen atoms in total. The number of likely N-dealkylation sites (tertiary alicyclic amines) is 1. The summed E-state index contributed by atoms with van der Waals surface area (Å²) in [4.78, 5) is 26.1. The first-order chi connectivity index (χ1) is 8.51. The van der Waals surface area contributed by atoms with Crippen molar-refractivity contribution in [2.75, 3.05) is 32.8 Å². The average Bonchev–Trinajstić information content (AvgIpc) is 2.70. The molecular weight excluding hydrogens is 236 g/mol. The van der Waals surface area contributed by atoms with Gasteiger partial charge < -0.3 is 20.0 Å². The van der Waals surface area contributed by atoms with Crippen LogP contribution in [0.4, 0.5) is 4.79 Å². The van der Waals surface area contributed by atoms with Crippen molar-refractivity contribution < 1.29 is 19.8 Å². The Morgan fingerprint density at radius 3 is 2.61 bits per heavy atom. The van der Waals surface area contributed by atoms with E-state index in [0.717, 1.165) is 0 Å². The van der Waals surface area contributed by atoms with E-state index in [1.54, 1.807) is 6.08 Å². The van der Waals surface area contributed by atoms with Crippen LogP contribution in [0, 0.1) is 11.8 Å². The highest BCUT2D eigenvalue weighted by molar-refractivity contribution is 5.78. The van der Waals surface area contributed by atoms with Crippen molar-refractivity contribution in [2.24, 2.45) is 11.8 Å². The molecule has 1 aliphatic rings. The van der Waals surface area contributed by atoms with Gasteiger partial charge in [-0.2, -0.15) is 0 Å². The third-order valence-electron chi connectivity index (χ3n) is 3.19. The number of carboxylic acid groups (broad SMARTS) is 1. The van der Waals surface area contributed by atoms with Crippen molar-refractivity contribution in [3.63, 3.8) is 0 Å². The molecule has 0 unspecified atom stereocenters. The summed E-state index contributed by atoms with van der Waals surface area (Å²) in [6.07, 6.45) is 1.59. The number of aliphatic carboxylic acids is 1. The fourth-order valence-electron chi connectivity index (χ4n) is 2.19. The van der Waals surface area contributed by atoms with Crippen LogP contribution in [0.2, 0.25) is 0 Å². The Labute approximate surface area is 106 Å².